The number of hydrogen-bond donors (Lipinski definition) is 1. The lowest BCUT2D eigenvalue weighted by atomic mass is 10.1. The molecule has 1 fully saturated rings. The van der Waals surface area contributed by atoms with Gasteiger partial charge >= 0.3 is 0 Å². The van der Waals surface area contributed by atoms with Crippen LogP contribution in [0.5, 0.6) is 5.75 Å². The Hall–Kier alpha value is -1.13. The van der Waals surface area contributed by atoms with Crippen LogP contribution in [0.15, 0.2) is 24.3 Å². The van der Waals surface area contributed by atoms with Gasteiger partial charge in [0.2, 0.25) is 0 Å². The average Bonchev–Trinajstić information content (AvgIpc) is 2.87. The van der Waals surface area contributed by atoms with Crippen LogP contribution in [0.25, 0.3) is 0 Å². The highest BCUT2D eigenvalue weighted by atomic mass is 32.1. The van der Waals surface area contributed by atoms with Crippen LogP contribution in [0.1, 0.15) is 25.3 Å². The van der Waals surface area contributed by atoms with Crippen molar-refractivity contribution in [1.29, 1.82) is 0 Å². The Morgan fingerprint density at radius 2 is 2.37 bits per heavy atom. The molecular formula is C15H22N2OS. The second kappa shape index (κ2) is 6.87. The molecule has 19 heavy (non-hydrogen) atoms. The smallest absolute Gasteiger partial charge is 0.120 e. The summed E-state index contributed by atoms with van der Waals surface area (Å²) in [5.74, 6) is 1.72. The molecule has 1 saturated heterocycles. The largest absolute Gasteiger partial charge is 0.492 e. The van der Waals surface area contributed by atoms with Gasteiger partial charge in [0.1, 0.15) is 17.3 Å². The molecule has 0 radical (unpaired) electrons. The van der Waals surface area contributed by atoms with Gasteiger partial charge < -0.3 is 10.5 Å². The SMILES string of the molecule is CCC1CCN(CCOc2cccc(C(N)=S)c2)C1. The van der Waals surface area contributed by atoms with E-state index in [1.807, 2.05) is 24.3 Å². The molecule has 1 unspecified atom stereocenters. The second-order valence-electron chi connectivity index (χ2n) is 5.10. The van der Waals surface area contributed by atoms with Gasteiger partial charge in [-0.25, -0.2) is 0 Å². The Morgan fingerprint density at radius 3 is 3.05 bits per heavy atom. The fourth-order valence-corrected chi connectivity index (χ4v) is 2.61. The Balaban J connectivity index is 1.77. The zero-order valence-electron chi connectivity index (χ0n) is 11.5. The summed E-state index contributed by atoms with van der Waals surface area (Å²) in [6.45, 7) is 6.40. The first-order valence-corrected chi connectivity index (χ1v) is 7.35. The number of benzene rings is 1. The maximum absolute atomic E-state index is 5.77. The van der Waals surface area contributed by atoms with E-state index >= 15 is 0 Å². The van der Waals surface area contributed by atoms with Crippen molar-refractivity contribution in [2.24, 2.45) is 11.7 Å². The molecule has 1 aliphatic heterocycles. The minimum absolute atomic E-state index is 0.413. The molecule has 1 heterocycles. The number of hydrogen-bond acceptors (Lipinski definition) is 3. The van der Waals surface area contributed by atoms with Gasteiger partial charge in [0.15, 0.2) is 0 Å². The Bertz CT molecular complexity index is 436. The molecule has 2 N–H and O–H groups in total. The Kier molecular flexibility index (Phi) is 5.16. The zero-order chi connectivity index (χ0) is 13.7. The van der Waals surface area contributed by atoms with Gasteiger partial charge in [-0.3, -0.25) is 4.90 Å². The molecule has 0 aliphatic carbocycles. The summed E-state index contributed by atoms with van der Waals surface area (Å²) in [5, 5.41) is 0. The van der Waals surface area contributed by atoms with Crippen LogP contribution in [0.2, 0.25) is 0 Å². The van der Waals surface area contributed by atoms with E-state index in [2.05, 4.69) is 11.8 Å². The van der Waals surface area contributed by atoms with Crippen LogP contribution >= 0.6 is 12.2 Å². The van der Waals surface area contributed by atoms with Gasteiger partial charge in [-0.2, -0.15) is 0 Å². The van der Waals surface area contributed by atoms with Crippen molar-refractivity contribution in [2.75, 3.05) is 26.2 Å². The molecule has 2 rings (SSSR count). The number of nitrogens with zero attached hydrogens (tertiary/aromatic N) is 1. The first kappa shape index (κ1) is 14.3. The summed E-state index contributed by atoms with van der Waals surface area (Å²) in [7, 11) is 0. The molecule has 1 aromatic carbocycles. The molecule has 0 saturated carbocycles. The number of ether oxygens (including phenoxy) is 1. The van der Waals surface area contributed by atoms with Crippen molar-refractivity contribution < 1.29 is 4.74 Å². The van der Waals surface area contributed by atoms with Crippen molar-refractivity contribution in [3.8, 4) is 5.75 Å². The van der Waals surface area contributed by atoms with Crippen molar-refractivity contribution >= 4 is 17.2 Å². The second-order valence-corrected chi connectivity index (χ2v) is 5.54. The molecule has 1 aliphatic rings. The van der Waals surface area contributed by atoms with Crippen molar-refractivity contribution in [3.05, 3.63) is 29.8 Å². The van der Waals surface area contributed by atoms with E-state index in [9.17, 15) is 0 Å². The van der Waals surface area contributed by atoms with Crippen molar-refractivity contribution in [1.82, 2.24) is 4.90 Å². The number of likely N-dealkylation sites (tertiary alicyclic amines) is 1. The maximum Gasteiger partial charge on any atom is 0.120 e. The lowest BCUT2D eigenvalue weighted by Gasteiger charge is -2.16. The fraction of sp³-hybridized carbons (Fsp3) is 0.533. The number of rotatable bonds is 6. The van der Waals surface area contributed by atoms with Crippen LogP contribution < -0.4 is 10.5 Å². The van der Waals surface area contributed by atoms with Crippen LogP contribution in [-0.2, 0) is 0 Å². The fourth-order valence-electron chi connectivity index (χ4n) is 2.48. The normalized spacial score (nSPS) is 19.5. The van der Waals surface area contributed by atoms with Crippen molar-refractivity contribution in [2.45, 2.75) is 19.8 Å². The molecular weight excluding hydrogens is 256 g/mol. The molecule has 104 valence electrons. The minimum Gasteiger partial charge on any atom is -0.492 e. The van der Waals surface area contributed by atoms with E-state index in [4.69, 9.17) is 22.7 Å². The predicted molar refractivity (Wildman–Crippen MR) is 82.7 cm³/mol. The monoisotopic (exact) mass is 278 g/mol. The third-order valence-corrected chi connectivity index (χ3v) is 3.98. The van der Waals surface area contributed by atoms with Gasteiger partial charge in [0.05, 0.1) is 0 Å². The zero-order valence-corrected chi connectivity index (χ0v) is 12.3. The van der Waals surface area contributed by atoms with Crippen LogP contribution in [0.4, 0.5) is 0 Å². The third-order valence-electron chi connectivity index (χ3n) is 3.74. The van der Waals surface area contributed by atoms with E-state index in [1.54, 1.807) is 0 Å². The van der Waals surface area contributed by atoms with E-state index in [0.717, 1.165) is 30.4 Å². The first-order chi connectivity index (χ1) is 9.19. The van der Waals surface area contributed by atoms with Gasteiger partial charge in [-0.05, 0) is 31.0 Å². The molecule has 0 aromatic heterocycles. The summed E-state index contributed by atoms with van der Waals surface area (Å²) < 4.78 is 5.77. The molecule has 0 bridgehead atoms. The number of thiocarbonyl (C=S) groups is 1. The van der Waals surface area contributed by atoms with Gasteiger partial charge in [0.25, 0.3) is 0 Å². The van der Waals surface area contributed by atoms with Crippen LogP contribution in [-0.4, -0.2) is 36.1 Å². The van der Waals surface area contributed by atoms with Gasteiger partial charge in [0, 0.05) is 18.7 Å². The van der Waals surface area contributed by atoms with Crippen LogP contribution in [0.3, 0.4) is 0 Å². The average molecular weight is 278 g/mol. The quantitative estimate of drug-likeness (QED) is 0.811. The molecule has 0 amide bonds. The van der Waals surface area contributed by atoms with Crippen molar-refractivity contribution in [3.63, 3.8) is 0 Å². The standard InChI is InChI=1S/C15H22N2OS/c1-2-12-6-7-17(11-12)8-9-18-14-5-3-4-13(10-14)15(16)19/h3-5,10,12H,2,6-9,11H2,1H3,(H2,16,19). The van der Waals surface area contributed by atoms with E-state index in [1.165, 1.54) is 25.9 Å². The lowest BCUT2D eigenvalue weighted by Crippen LogP contribution is -2.26. The van der Waals surface area contributed by atoms with E-state index in [-0.39, 0.29) is 0 Å². The lowest BCUT2D eigenvalue weighted by molar-refractivity contribution is 0.232. The molecule has 3 nitrogen and oxygen atoms in total. The highest BCUT2D eigenvalue weighted by Gasteiger charge is 2.20. The van der Waals surface area contributed by atoms with E-state index in [0.29, 0.717) is 4.99 Å². The molecule has 1 atom stereocenters. The van der Waals surface area contributed by atoms with Crippen LogP contribution in [0, 0.1) is 5.92 Å². The predicted octanol–water partition coefficient (Wildman–Crippen LogP) is 2.43. The molecule has 1 aromatic rings. The molecule has 0 spiro atoms. The summed E-state index contributed by atoms with van der Waals surface area (Å²) in [4.78, 5) is 2.89. The highest BCUT2D eigenvalue weighted by Crippen LogP contribution is 2.19. The third kappa shape index (κ3) is 4.18. The minimum atomic E-state index is 0.413. The highest BCUT2D eigenvalue weighted by molar-refractivity contribution is 7.80. The van der Waals surface area contributed by atoms with Gasteiger partial charge in [-0.15, -0.1) is 0 Å². The summed E-state index contributed by atoms with van der Waals surface area (Å²) >= 11 is 4.96. The topological polar surface area (TPSA) is 38.5 Å². The summed E-state index contributed by atoms with van der Waals surface area (Å²) in [6, 6.07) is 7.68. The Labute approximate surface area is 120 Å². The Morgan fingerprint density at radius 1 is 1.53 bits per heavy atom. The first-order valence-electron chi connectivity index (χ1n) is 6.94. The maximum atomic E-state index is 5.77. The van der Waals surface area contributed by atoms with E-state index < -0.39 is 0 Å². The van der Waals surface area contributed by atoms with Gasteiger partial charge in [-0.1, -0.05) is 37.7 Å². The summed E-state index contributed by atoms with van der Waals surface area (Å²) in [6.07, 6.45) is 2.61. The molecule has 4 heteroatoms. The summed E-state index contributed by atoms with van der Waals surface area (Å²) in [5.41, 5.74) is 6.47. The number of nitrogens with two attached hydrogens (primary N) is 1.